The fraction of sp³-hybridized carbons (Fsp3) is 0.308. The molecule has 1 saturated heterocycles. The van der Waals surface area contributed by atoms with Crippen molar-refractivity contribution in [1.82, 2.24) is 14.9 Å². The molecule has 3 aromatic rings. The lowest BCUT2D eigenvalue weighted by Crippen LogP contribution is -2.40. The Morgan fingerprint density at radius 3 is 2.64 bits per heavy atom. The Hall–Kier alpha value is -3.61. The van der Waals surface area contributed by atoms with Crippen LogP contribution in [-0.2, 0) is 11.2 Å². The van der Waals surface area contributed by atoms with Gasteiger partial charge in [-0.2, -0.15) is 0 Å². The second-order valence-electron chi connectivity index (χ2n) is 8.45. The van der Waals surface area contributed by atoms with Crippen molar-refractivity contribution in [1.29, 1.82) is 0 Å². The van der Waals surface area contributed by atoms with Crippen molar-refractivity contribution in [2.24, 2.45) is 0 Å². The van der Waals surface area contributed by atoms with Crippen LogP contribution in [0.25, 0.3) is 0 Å². The largest absolute Gasteiger partial charge is 0.332 e. The summed E-state index contributed by atoms with van der Waals surface area (Å²) in [4.78, 5) is 36.7. The van der Waals surface area contributed by atoms with Crippen LogP contribution in [0, 0.1) is 19.7 Å². The number of halogens is 1. The number of nitrogens with one attached hydrogen (secondary N) is 1. The van der Waals surface area contributed by atoms with E-state index in [4.69, 9.17) is 0 Å². The topological polar surface area (TPSA) is 75.2 Å². The number of anilines is 1. The average molecular weight is 447 g/mol. The van der Waals surface area contributed by atoms with Crippen molar-refractivity contribution in [3.8, 4) is 0 Å². The summed E-state index contributed by atoms with van der Waals surface area (Å²) >= 11 is 0. The van der Waals surface area contributed by atoms with E-state index in [-0.39, 0.29) is 23.7 Å². The van der Waals surface area contributed by atoms with Crippen LogP contribution in [0.2, 0.25) is 0 Å². The maximum Gasteiger partial charge on any atom is 0.259 e. The van der Waals surface area contributed by atoms with Gasteiger partial charge in [-0.25, -0.2) is 14.4 Å². The van der Waals surface area contributed by atoms with Crippen LogP contribution in [0.15, 0.2) is 54.7 Å². The number of carbonyl (C=O) groups is 2. The molecule has 0 bridgehead atoms. The lowest BCUT2D eigenvalue weighted by Gasteiger charge is -2.35. The molecule has 1 aliphatic heterocycles. The van der Waals surface area contributed by atoms with Crippen molar-refractivity contribution in [2.45, 2.75) is 45.6 Å². The molecule has 1 fully saturated rings. The van der Waals surface area contributed by atoms with Crippen LogP contribution in [0.1, 0.15) is 58.3 Å². The molecule has 1 unspecified atom stereocenters. The van der Waals surface area contributed by atoms with Crippen LogP contribution in [-0.4, -0.2) is 33.2 Å². The van der Waals surface area contributed by atoms with Crippen LogP contribution >= 0.6 is 0 Å². The minimum atomic E-state index is -0.370. The molecular formula is C26H27FN4O2. The molecule has 1 N–H and O–H groups in total. The maximum absolute atomic E-state index is 13.1. The van der Waals surface area contributed by atoms with Crippen LogP contribution < -0.4 is 5.32 Å². The first-order valence-electron chi connectivity index (χ1n) is 11.2. The summed E-state index contributed by atoms with van der Waals surface area (Å²) in [6.07, 6.45) is 4.59. The zero-order chi connectivity index (χ0) is 23.4. The Morgan fingerprint density at radius 2 is 1.91 bits per heavy atom. The number of benzene rings is 2. The van der Waals surface area contributed by atoms with Crippen LogP contribution in [0.5, 0.6) is 0 Å². The molecule has 6 nitrogen and oxygen atoms in total. The van der Waals surface area contributed by atoms with Crippen molar-refractivity contribution in [3.63, 3.8) is 0 Å². The maximum atomic E-state index is 13.1. The number of carbonyl (C=O) groups excluding carboxylic acids is 2. The molecule has 2 amide bonds. The second-order valence-corrected chi connectivity index (χ2v) is 8.45. The molecule has 1 aliphatic rings. The normalized spacial score (nSPS) is 15.8. The van der Waals surface area contributed by atoms with E-state index in [2.05, 4.69) is 15.3 Å². The summed E-state index contributed by atoms with van der Waals surface area (Å²) in [7, 11) is 0. The van der Waals surface area contributed by atoms with Crippen LogP contribution in [0.3, 0.4) is 0 Å². The van der Waals surface area contributed by atoms with Crippen molar-refractivity contribution in [3.05, 3.63) is 88.8 Å². The van der Waals surface area contributed by atoms with E-state index in [0.29, 0.717) is 35.7 Å². The van der Waals surface area contributed by atoms with Crippen molar-refractivity contribution in [2.75, 3.05) is 11.9 Å². The summed E-state index contributed by atoms with van der Waals surface area (Å²) < 4.78 is 13.1. The van der Waals surface area contributed by atoms with Gasteiger partial charge in [-0.05, 0) is 62.9 Å². The van der Waals surface area contributed by atoms with E-state index in [1.165, 1.54) is 30.5 Å². The number of hydrogen-bond acceptors (Lipinski definition) is 4. The highest BCUT2D eigenvalue weighted by Crippen LogP contribution is 2.30. The number of aryl methyl sites for hydroxylation is 2. The predicted octanol–water partition coefficient (Wildman–Crippen LogP) is 4.78. The summed E-state index contributed by atoms with van der Waals surface area (Å²) in [5, 5.41) is 2.73. The SMILES string of the molecule is Cc1cccc(CC(=O)N2CCCCC2c2ncc(C(=O)Nc3ccc(F)cc3)c(C)n2)c1. The van der Waals surface area contributed by atoms with Gasteiger partial charge in [0.25, 0.3) is 5.91 Å². The molecule has 0 spiro atoms. The second kappa shape index (κ2) is 9.90. The fourth-order valence-electron chi connectivity index (χ4n) is 4.20. The summed E-state index contributed by atoms with van der Waals surface area (Å²) in [6, 6.07) is 13.3. The minimum Gasteiger partial charge on any atom is -0.332 e. The fourth-order valence-corrected chi connectivity index (χ4v) is 4.20. The third-order valence-corrected chi connectivity index (χ3v) is 5.90. The Morgan fingerprint density at radius 1 is 1.12 bits per heavy atom. The first-order chi connectivity index (χ1) is 15.9. The number of aromatic nitrogens is 2. The molecule has 7 heteroatoms. The van der Waals surface area contributed by atoms with E-state index < -0.39 is 0 Å². The number of amides is 2. The lowest BCUT2D eigenvalue weighted by molar-refractivity contribution is -0.134. The summed E-state index contributed by atoms with van der Waals surface area (Å²) in [5.74, 6) is -0.111. The number of hydrogen-bond donors (Lipinski definition) is 1. The molecule has 2 heterocycles. The van der Waals surface area contributed by atoms with Gasteiger partial charge in [0.1, 0.15) is 5.82 Å². The average Bonchev–Trinajstić information content (AvgIpc) is 2.80. The molecule has 0 radical (unpaired) electrons. The zero-order valence-electron chi connectivity index (χ0n) is 18.8. The Labute approximate surface area is 192 Å². The zero-order valence-corrected chi connectivity index (χ0v) is 18.8. The smallest absolute Gasteiger partial charge is 0.259 e. The predicted molar refractivity (Wildman–Crippen MR) is 124 cm³/mol. The van der Waals surface area contributed by atoms with E-state index in [9.17, 15) is 14.0 Å². The van der Waals surface area contributed by atoms with Crippen molar-refractivity contribution < 1.29 is 14.0 Å². The molecule has 1 aromatic heterocycles. The monoisotopic (exact) mass is 446 g/mol. The lowest BCUT2D eigenvalue weighted by atomic mass is 9.99. The highest BCUT2D eigenvalue weighted by atomic mass is 19.1. The highest BCUT2D eigenvalue weighted by Gasteiger charge is 2.30. The molecule has 33 heavy (non-hydrogen) atoms. The summed E-state index contributed by atoms with van der Waals surface area (Å²) in [5.41, 5.74) is 3.50. The van der Waals surface area contributed by atoms with Gasteiger partial charge in [0.2, 0.25) is 5.91 Å². The van der Waals surface area contributed by atoms with Gasteiger partial charge < -0.3 is 10.2 Å². The van der Waals surface area contributed by atoms with Gasteiger partial charge in [-0.1, -0.05) is 29.8 Å². The van der Waals surface area contributed by atoms with E-state index in [1.54, 1.807) is 6.92 Å². The molecule has 0 aliphatic carbocycles. The van der Waals surface area contributed by atoms with Gasteiger partial charge in [0, 0.05) is 18.4 Å². The van der Waals surface area contributed by atoms with E-state index >= 15 is 0 Å². The van der Waals surface area contributed by atoms with Gasteiger partial charge in [0.05, 0.1) is 23.7 Å². The standard InChI is InChI=1S/C26H27FN4O2/c1-17-6-5-7-19(14-17)15-24(32)31-13-4-3-8-23(31)25-28-16-22(18(2)29-25)26(33)30-21-11-9-20(27)10-12-21/h5-7,9-12,14,16,23H,3-4,8,13,15H2,1-2H3,(H,30,33). The number of likely N-dealkylation sites (tertiary alicyclic amines) is 1. The van der Waals surface area contributed by atoms with E-state index in [1.807, 2.05) is 36.1 Å². The molecule has 1 atom stereocenters. The van der Waals surface area contributed by atoms with Crippen LogP contribution in [0.4, 0.5) is 10.1 Å². The number of piperidine rings is 1. The third kappa shape index (κ3) is 5.42. The molecule has 2 aromatic carbocycles. The Kier molecular flexibility index (Phi) is 6.77. The minimum absolute atomic E-state index is 0.0599. The first kappa shape index (κ1) is 22.6. The molecule has 4 rings (SSSR count). The Bertz CT molecular complexity index is 1160. The third-order valence-electron chi connectivity index (χ3n) is 5.90. The quantitative estimate of drug-likeness (QED) is 0.612. The Balaban J connectivity index is 1.50. The number of nitrogens with zero attached hydrogens (tertiary/aromatic N) is 3. The van der Waals surface area contributed by atoms with Crippen molar-refractivity contribution >= 4 is 17.5 Å². The summed E-state index contributed by atoms with van der Waals surface area (Å²) in [6.45, 7) is 4.44. The van der Waals surface area contributed by atoms with Gasteiger partial charge in [-0.15, -0.1) is 0 Å². The highest BCUT2D eigenvalue weighted by molar-refractivity contribution is 6.04. The first-order valence-corrected chi connectivity index (χ1v) is 11.2. The molecule has 170 valence electrons. The molecule has 0 saturated carbocycles. The van der Waals surface area contributed by atoms with Gasteiger partial charge >= 0.3 is 0 Å². The van der Waals surface area contributed by atoms with E-state index in [0.717, 1.165) is 30.4 Å². The molecular weight excluding hydrogens is 419 g/mol. The number of rotatable bonds is 5. The van der Waals surface area contributed by atoms with Gasteiger partial charge in [-0.3, -0.25) is 9.59 Å². The van der Waals surface area contributed by atoms with Gasteiger partial charge in [0.15, 0.2) is 5.82 Å².